The molecular formula is C12H23NO4. The molecule has 1 rings (SSSR count). The van der Waals surface area contributed by atoms with Gasteiger partial charge in [0, 0.05) is 13.7 Å². The number of ether oxygens (including phenoxy) is 2. The van der Waals surface area contributed by atoms with E-state index in [2.05, 4.69) is 0 Å². The molecule has 0 aromatic heterocycles. The third-order valence-electron chi connectivity index (χ3n) is 3.09. The normalized spacial score (nSPS) is 30.2. The average molecular weight is 245 g/mol. The lowest BCUT2D eigenvalue weighted by molar-refractivity contribution is -0.127. The minimum absolute atomic E-state index is 0.249. The van der Waals surface area contributed by atoms with Crippen LogP contribution in [0.3, 0.4) is 0 Å². The molecule has 0 aliphatic carbocycles. The molecule has 1 amide bonds. The first-order chi connectivity index (χ1) is 7.68. The minimum atomic E-state index is -0.686. The summed E-state index contributed by atoms with van der Waals surface area (Å²) < 4.78 is 10.6. The first-order valence-corrected chi connectivity index (χ1v) is 5.89. The van der Waals surface area contributed by atoms with Gasteiger partial charge in [-0.25, -0.2) is 4.79 Å². The van der Waals surface area contributed by atoms with E-state index in [4.69, 9.17) is 9.47 Å². The van der Waals surface area contributed by atoms with Gasteiger partial charge in [-0.05, 0) is 34.1 Å². The summed E-state index contributed by atoms with van der Waals surface area (Å²) in [6.45, 7) is 8.11. The molecule has 0 radical (unpaired) electrons. The summed E-state index contributed by atoms with van der Waals surface area (Å²) in [6, 6.07) is 0. The van der Waals surface area contributed by atoms with Crippen LogP contribution in [0.15, 0.2) is 0 Å². The summed E-state index contributed by atoms with van der Waals surface area (Å²) in [5.74, 6) is 0. The first-order valence-electron chi connectivity index (χ1n) is 5.89. The molecule has 5 heteroatoms. The fraction of sp³-hybridized carbons (Fsp3) is 0.917. The fourth-order valence-corrected chi connectivity index (χ4v) is 1.75. The maximum Gasteiger partial charge on any atom is 0.410 e. The lowest BCUT2D eigenvalue weighted by atomic mass is 9.90. The van der Waals surface area contributed by atoms with E-state index < -0.39 is 17.3 Å². The Kier molecular flexibility index (Phi) is 4.04. The van der Waals surface area contributed by atoms with Crippen LogP contribution in [0.25, 0.3) is 0 Å². The third-order valence-corrected chi connectivity index (χ3v) is 3.09. The van der Waals surface area contributed by atoms with Crippen molar-refractivity contribution in [1.82, 2.24) is 4.90 Å². The number of likely N-dealkylation sites (tertiary alicyclic amines) is 1. The monoisotopic (exact) mass is 245 g/mol. The van der Waals surface area contributed by atoms with Crippen molar-refractivity contribution in [1.29, 1.82) is 0 Å². The summed E-state index contributed by atoms with van der Waals surface area (Å²) in [7, 11) is 1.58. The van der Waals surface area contributed by atoms with Crippen LogP contribution < -0.4 is 0 Å². The van der Waals surface area contributed by atoms with Crippen LogP contribution in [0.1, 0.15) is 34.1 Å². The van der Waals surface area contributed by atoms with Crippen LogP contribution in [0, 0.1) is 0 Å². The highest BCUT2D eigenvalue weighted by Crippen LogP contribution is 2.26. The molecular weight excluding hydrogens is 222 g/mol. The second-order valence-electron chi connectivity index (χ2n) is 5.71. The van der Waals surface area contributed by atoms with Gasteiger partial charge in [0.2, 0.25) is 0 Å². The highest BCUT2D eigenvalue weighted by molar-refractivity contribution is 5.68. The fourth-order valence-electron chi connectivity index (χ4n) is 1.75. The molecule has 1 saturated heterocycles. The van der Waals surface area contributed by atoms with Crippen molar-refractivity contribution in [2.75, 3.05) is 20.2 Å². The van der Waals surface area contributed by atoms with Crippen molar-refractivity contribution in [2.45, 2.75) is 51.4 Å². The second-order valence-corrected chi connectivity index (χ2v) is 5.71. The molecule has 1 N–H and O–H groups in total. The Labute approximate surface area is 103 Å². The number of β-amino-alcohol motifs (C(OH)–C–C–N with tert-alkyl or cyclic N) is 1. The van der Waals surface area contributed by atoms with Crippen LogP contribution in [-0.4, -0.2) is 53.6 Å². The average Bonchev–Trinajstić information content (AvgIpc) is 2.19. The van der Waals surface area contributed by atoms with Gasteiger partial charge in [0.05, 0.1) is 12.1 Å². The Morgan fingerprint density at radius 2 is 2.06 bits per heavy atom. The predicted molar refractivity (Wildman–Crippen MR) is 63.8 cm³/mol. The van der Waals surface area contributed by atoms with Crippen molar-refractivity contribution in [3.8, 4) is 0 Å². The number of carbonyl (C=O) groups is 1. The lowest BCUT2D eigenvalue weighted by Crippen LogP contribution is -2.56. The zero-order valence-corrected chi connectivity index (χ0v) is 11.3. The summed E-state index contributed by atoms with van der Waals surface area (Å²) in [5, 5.41) is 9.97. The standard InChI is InChI=1S/C12H23NO4/c1-11(2,3)17-10(15)13-7-6-12(4,16-5)9(14)8-13/h9,14H,6-8H2,1-5H3. The molecule has 0 aromatic carbocycles. The molecule has 1 aliphatic heterocycles. The number of rotatable bonds is 1. The number of methoxy groups -OCH3 is 1. The summed E-state index contributed by atoms with van der Waals surface area (Å²) in [5.41, 5.74) is -1.08. The molecule has 2 atom stereocenters. The van der Waals surface area contributed by atoms with Crippen molar-refractivity contribution >= 4 is 6.09 Å². The predicted octanol–water partition coefficient (Wildman–Crippen LogP) is 1.39. The number of piperidine rings is 1. The quantitative estimate of drug-likeness (QED) is 0.758. The SMILES string of the molecule is COC1(C)CCN(C(=O)OC(C)(C)C)CC1O. The maximum atomic E-state index is 11.8. The van der Waals surface area contributed by atoms with Crippen molar-refractivity contribution < 1.29 is 19.4 Å². The molecule has 2 unspecified atom stereocenters. The maximum absolute atomic E-state index is 11.8. The Balaban J connectivity index is 2.58. The topological polar surface area (TPSA) is 59.0 Å². The molecule has 0 saturated carbocycles. The van der Waals surface area contributed by atoms with Crippen LogP contribution in [0.2, 0.25) is 0 Å². The molecule has 1 aliphatic rings. The van der Waals surface area contributed by atoms with Gasteiger partial charge in [0.1, 0.15) is 11.7 Å². The van der Waals surface area contributed by atoms with Gasteiger partial charge < -0.3 is 19.5 Å². The van der Waals surface area contributed by atoms with Gasteiger partial charge in [0.15, 0.2) is 0 Å². The number of hydrogen-bond acceptors (Lipinski definition) is 4. The zero-order valence-electron chi connectivity index (χ0n) is 11.3. The van der Waals surface area contributed by atoms with E-state index in [1.54, 1.807) is 7.11 Å². The van der Waals surface area contributed by atoms with E-state index in [9.17, 15) is 9.90 Å². The number of amides is 1. The summed E-state index contributed by atoms with van der Waals surface area (Å²) in [6.07, 6.45) is -0.465. The molecule has 1 fully saturated rings. The summed E-state index contributed by atoms with van der Waals surface area (Å²) in [4.78, 5) is 13.3. The number of hydrogen-bond donors (Lipinski definition) is 1. The van der Waals surface area contributed by atoms with E-state index in [0.717, 1.165) is 0 Å². The minimum Gasteiger partial charge on any atom is -0.444 e. The highest BCUT2D eigenvalue weighted by Gasteiger charge is 2.40. The molecule has 0 aromatic rings. The van der Waals surface area contributed by atoms with Crippen molar-refractivity contribution in [3.05, 3.63) is 0 Å². The zero-order chi connectivity index (χ0) is 13.3. The molecule has 0 bridgehead atoms. The molecule has 5 nitrogen and oxygen atoms in total. The molecule has 1 heterocycles. The van der Waals surface area contributed by atoms with E-state index in [1.807, 2.05) is 27.7 Å². The van der Waals surface area contributed by atoms with E-state index in [0.29, 0.717) is 13.0 Å². The van der Waals surface area contributed by atoms with Gasteiger partial charge in [-0.1, -0.05) is 0 Å². The molecule has 17 heavy (non-hydrogen) atoms. The number of nitrogens with zero attached hydrogens (tertiary/aromatic N) is 1. The summed E-state index contributed by atoms with van der Waals surface area (Å²) >= 11 is 0. The Hall–Kier alpha value is -0.810. The Morgan fingerprint density at radius 1 is 1.47 bits per heavy atom. The van der Waals surface area contributed by atoms with Crippen LogP contribution >= 0.6 is 0 Å². The van der Waals surface area contributed by atoms with E-state index in [1.165, 1.54) is 4.90 Å². The number of aliphatic hydroxyl groups excluding tert-OH is 1. The van der Waals surface area contributed by atoms with Crippen LogP contribution in [0.4, 0.5) is 4.79 Å². The number of aliphatic hydroxyl groups is 1. The Morgan fingerprint density at radius 3 is 2.47 bits per heavy atom. The molecule has 0 spiro atoms. The van der Waals surface area contributed by atoms with E-state index in [-0.39, 0.29) is 12.6 Å². The van der Waals surface area contributed by atoms with Crippen molar-refractivity contribution in [3.63, 3.8) is 0 Å². The number of carbonyl (C=O) groups excluding carboxylic acids is 1. The first kappa shape index (κ1) is 14.3. The van der Waals surface area contributed by atoms with Gasteiger partial charge in [0.25, 0.3) is 0 Å². The van der Waals surface area contributed by atoms with Gasteiger partial charge >= 0.3 is 6.09 Å². The smallest absolute Gasteiger partial charge is 0.410 e. The third kappa shape index (κ3) is 3.57. The lowest BCUT2D eigenvalue weighted by Gasteiger charge is -2.42. The van der Waals surface area contributed by atoms with Crippen molar-refractivity contribution in [2.24, 2.45) is 0 Å². The largest absolute Gasteiger partial charge is 0.444 e. The van der Waals surface area contributed by atoms with Gasteiger partial charge in [-0.15, -0.1) is 0 Å². The van der Waals surface area contributed by atoms with Gasteiger partial charge in [-0.3, -0.25) is 0 Å². The Bertz CT molecular complexity index is 287. The highest BCUT2D eigenvalue weighted by atomic mass is 16.6. The second kappa shape index (κ2) is 4.82. The van der Waals surface area contributed by atoms with Gasteiger partial charge in [-0.2, -0.15) is 0 Å². The van der Waals surface area contributed by atoms with Crippen LogP contribution in [0.5, 0.6) is 0 Å². The molecule has 100 valence electrons. The van der Waals surface area contributed by atoms with Crippen LogP contribution in [-0.2, 0) is 9.47 Å². The van der Waals surface area contributed by atoms with E-state index >= 15 is 0 Å².